The van der Waals surface area contributed by atoms with Crippen LogP contribution in [0, 0.1) is 0 Å². The maximum atomic E-state index is 12.4. The van der Waals surface area contributed by atoms with Gasteiger partial charge in [-0.3, -0.25) is 9.59 Å². The second kappa shape index (κ2) is 12.6. The Morgan fingerprint density at radius 3 is 1.17 bits per heavy atom. The number of hydroxylamine groups is 4. The molecule has 0 atom stereocenters. The Bertz CT molecular complexity index is 661. The van der Waals surface area contributed by atoms with E-state index < -0.39 is 0 Å². The third-order valence-corrected chi connectivity index (χ3v) is 9.34. The van der Waals surface area contributed by atoms with E-state index >= 15 is 0 Å². The van der Waals surface area contributed by atoms with E-state index in [1.807, 2.05) is 10.1 Å². The van der Waals surface area contributed by atoms with Crippen LogP contribution in [-0.4, -0.2) is 82.2 Å². The summed E-state index contributed by atoms with van der Waals surface area (Å²) in [6, 6.07) is 0. The summed E-state index contributed by atoms with van der Waals surface area (Å²) < 4.78 is 11.6. The van der Waals surface area contributed by atoms with E-state index in [9.17, 15) is 9.59 Å². The minimum atomic E-state index is -0.215. The second-order valence-corrected chi connectivity index (χ2v) is 15.1. The molecule has 2 saturated heterocycles. The summed E-state index contributed by atoms with van der Waals surface area (Å²) in [5.41, 5.74) is -0.861. The van der Waals surface area contributed by atoms with Crippen LogP contribution in [0.2, 0.25) is 0 Å². The summed E-state index contributed by atoms with van der Waals surface area (Å²) in [6.45, 7) is 16.9. The average Bonchev–Trinajstić information content (AvgIpc) is 2.67. The van der Waals surface area contributed by atoms with E-state index in [0.717, 1.165) is 25.7 Å². The molecule has 0 aromatic rings. The number of piperidine rings is 2. The van der Waals surface area contributed by atoms with Gasteiger partial charge in [0, 0.05) is 59.3 Å². The summed E-state index contributed by atoms with van der Waals surface area (Å²) in [5, 5.41) is 4.01. The first-order valence-electron chi connectivity index (χ1n) is 12.9. The zero-order valence-electron chi connectivity index (χ0n) is 24.0. The lowest BCUT2D eigenvalue weighted by Gasteiger charge is -2.52. The Morgan fingerprint density at radius 2 is 0.917 bits per heavy atom. The largest absolute Gasteiger partial charge is 0.462 e. The lowest BCUT2D eigenvalue weighted by Crippen LogP contribution is -2.61. The van der Waals surface area contributed by atoms with Crippen LogP contribution in [0.15, 0.2) is 0 Å². The Hall–Kier alpha value is -0.520. The first-order valence-corrected chi connectivity index (χ1v) is 15.4. The molecule has 210 valence electrons. The van der Waals surface area contributed by atoms with Crippen molar-refractivity contribution in [3.05, 3.63) is 0 Å². The predicted octanol–water partition coefficient (Wildman–Crippen LogP) is 5.40. The van der Waals surface area contributed by atoms with Crippen molar-refractivity contribution in [1.29, 1.82) is 0 Å². The molecule has 0 bridgehead atoms. The fourth-order valence-electron chi connectivity index (χ4n) is 6.36. The van der Waals surface area contributed by atoms with Gasteiger partial charge >= 0.3 is 11.9 Å². The maximum Gasteiger partial charge on any atom is 0.306 e. The number of hydrogen-bond acceptors (Lipinski definition) is 10. The van der Waals surface area contributed by atoms with Crippen molar-refractivity contribution < 1.29 is 28.7 Å². The van der Waals surface area contributed by atoms with E-state index in [0.29, 0.717) is 24.3 Å². The van der Waals surface area contributed by atoms with Crippen LogP contribution in [-0.2, 0) is 28.7 Å². The standard InChI is InChI=1S/C26H48N2O6S2/c1-23(2)15-19(16-24(3,4)27(23)31-9)33-21(29)11-13-35-36-14-12-22(30)34-20-17-25(5,6)28(32-10)26(7,8)18-20/h19-20H,11-18H2,1-10H3. The molecule has 0 radical (unpaired) electrons. The number of nitrogens with zero attached hydrogens (tertiary/aromatic N) is 2. The van der Waals surface area contributed by atoms with Crippen molar-refractivity contribution in [2.75, 3.05) is 25.7 Å². The van der Waals surface area contributed by atoms with Crippen molar-refractivity contribution in [2.24, 2.45) is 0 Å². The van der Waals surface area contributed by atoms with Crippen LogP contribution < -0.4 is 0 Å². The predicted molar refractivity (Wildman–Crippen MR) is 146 cm³/mol. The number of hydrogen-bond donors (Lipinski definition) is 0. The van der Waals surface area contributed by atoms with Crippen LogP contribution in [0.25, 0.3) is 0 Å². The van der Waals surface area contributed by atoms with Gasteiger partial charge in [-0.25, -0.2) is 0 Å². The van der Waals surface area contributed by atoms with Gasteiger partial charge in [0.15, 0.2) is 0 Å². The maximum absolute atomic E-state index is 12.4. The van der Waals surface area contributed by atoms with Crippen molar-refractivity contribution in [3.8, 4) is 0 Å². The highest BCUT2D eigenvalue weighted by Gasteiger charge is 2.48. The second-order valence-electron chi connectivity index (χ2n) is 12.4. The molecular weight excluding hydrogens is 500 g/mol. The molecule has 0 aromatic heterocycles. The van der Waals surface area contributed by atoms with Gasteiger partial charge in [0.05, 0.1) is 27.1 Å². The third kappa shape index (κ3) is 8.50. The first kappa shape index (κ1) is 31.7. The average molecular weight is 549 g/mol. The van der Waals surface area contributed by atoms with Gasteiger partial charge in [-0.2, -0.15) is 10.1 Å². The molecule has 0 unspecified atom stereocenters. The topological polar surface area (TPSA) is 77.5 Å². The van der Waals surface area contributed by atoms with Gasteiger partial charge in [-0.05, 0) is 55.4 Å². The third-order valence-electron chi connectivity index (χ3n) is 6.93. The number of carbonyl (C=O) groups excluding carboxylic acids is 2. The van der Waals surface area contributed by atoms with Gasteiger partial charge in [0.2, 0.25) is 0 Å². The number of esters is 2. The first-order chi connectivity index (χ1) is 16.5. The Labute approximate surface area is 226 Å². The molecule has 0 N–H and O–H groups in total. The summed E-state index contributed by atoms with van der Waals surface area (Å²) in [5.74, 6) is 0.968. The van der Waals surface area contributed by atoms with Crippen LogP contribution in [0.4, 0.5) is 0 Å². The lowest BCUT2D eigenvalue weighted by atomic mass is 9.80. The monoisotopic (exact) mass is 548 g/mol. The highest BCUT2D eigenvalue weighted by atomic mass is 33.1. The van der Waals surface area contributed by atoms with Gasteiger partial charge in [-0.15, -0.1) is 0 Å². The Balaban J connectivity index is 1.64. The van der Waals surface area contributed by atoms with Crippen LogP contribution in [0.1, 0.15) is 93.9 Å². The fraction of sp³-hybridized carbons (Fsp3) is 0.923. The summed E-state index contributed by atoms with van der Waals surface area (Å²) in [6.07, 6.45) is 3.42. The normalized spacial score (nSPS) is 24.4. The van der Waals surface area contributed by atoms with Crippen molar-refractivity contribution in [1.82, 2.24) is 10.1 Å². The Kier molecular flexibility index (Phi) is 11.1. The molecule has 2 aliphatic rings. The number of rotatable bonds is 11. The van der Waals surface area contributed by atoms with E-state index in [4.69, 9.17) is 19.1 Å². The Morgan fingerprint density at radius 1 is 0.639 bits per heavy atom. The van der Waals surface area contributed by atoms with Gasteiger partial charge in [0.25, 0.3) is 0 Å². The van der Waals surface area contributed by atoms with Crippen LogP contribution >= 0.6 is 21.6 Å². The molecule has 2 rings (SSSR count). The SMILES string of the molecule is CON1C(C)(C)CC(OC(=O)CCSSCCC(=O)OC2CC(C)(C)N(OC)C(C)(C)C2)CC1(C)C. The molecule has 2 heterocycles. The van der Waals surface area contributed by atoms with Gasteiger partial charge in [0.1, 0.15) is 12.2 Å². The fourth-order valence-corrected chi connectivity index (χ4v) is 8.30. The number of carbonyl (C=O) groups is 2. The molecular formula is C26H48N2O6S2. The molecule has 8 nitrogen and oxygen atoms in total. The van der Waals surface area contributed by atoms with Gasteiger partial charge in [-0.1, -0.05) is 21.6 Å². The molecule has 0 spiro atoms. The van der Waals surface area contributed by atoms with Crippen molar-refractivity contribution in [2.45, 2.75) is 128 Å². The molecule has 2 aliphatic heterocycles. The zero-order chi connectivity index (χ0) is 27.4. The molecule has 10 heteroatoms. The zero-order valence-corrected chi connectivity index (χ0v) is 25.6. The minimum absolute atomic E-state index is 0.118. The summed E-state index contributed by atoms with van der Waals surface area (Å²) in [4.78, 5) is 36.1. The van der Waals surface area contributed by atoms with Crippen molar-refractivity contribution in [3.63, 3.8) is 0 Å². The van der Waals surface area contributed by atoms with Crippen LogP contribution in [0.3, 0.4) is 0 Å². The molecule has 0 amide bonds. The van der Waals surface area contributed by atoms with Gasteiger partial charge < -0.3 is 19.1 Å². The highest BCUT2D eigenvalue weighted by molar-refractivity contribution is 8.76. The smallest absolute Gasteiger partial charge is 0.306 e. The van der Waals surface area contributed by atoms with E-state index in [1.165, 1.54) is 0 Å². The molecule has 36 heavy (non-hydrogen) atoms. The van der Waals surface area contributed by atoms with E-state index in [1.54, 1.807) is 35.8 Å². The summed E-state index contributed by atoms with van der Waals surface area (Å²) in [7, 11) is 6.57. The molecule has 0 aromatic carbocycles. The highest BCUT2D eigenvalue weighted by Crippen LogP contribution is 2.41. The van der Waals surface area contributed by atoms with E-state index in [-0.39, 0.29) is 46.3 Å². The number of ether oxygens (including phenoxy) is 2. The molecule has 2 fully saturated rings. The molecule has 0 saturated carbocycles. The summed E-state index contributed by atoms with van der Waals surface area (Å²) >= 11 is 0. The van der Waals surface area contributed by atoms with Crippen molar-refractivity contribution >= 4 is 33.5 Å². The quantitative estimate of drug-likeness (QED) is 0.190. The van der Waals surface area contributed by atoms with E-state index in [2.05, 4.69) is 55.4 Å². The van der Waals surface area contributed by atoms with Crippen LogP contribution in [0.5, 0.6) is 0 Å². The minimum Gasteiger partial charge on any atom is -0.462 e. The molecule has 0 aliphatic carbocycles. The lowest BCUT2D eigenvalue weighted by molar-refractivity contribution is -0.278.